The van der Waals surface area contributed by atoms with Crippen LogP contribution in [0.15, 0.2) is 63.8 Å². The van der Waals surface area contributed by atoms with Gasteiger partial charge in [-0.05, 0) is 55.0 Å². The lowest BCUT2D eigenvalue weighted by atomic mass is 9.98. The average molecular weight is 463 g/mol. The maximum Gasteiger partial charge on any atom is 0.296 e. The van der Waals surface area contributed by atoms with Crippen LogP contribution in [0.2, 0.25) is 5.02 Å². The Morgan fingerprint density at radius 3 is 2.52 bits per heavy atom. The van der Waals surface area contributed by atoms with Crippen LogP contribution >= 0.6 is 11.6 Å². The lowest BCUT2D eigenvalue weighted by Gasteiger charge is -2.25. The SMILES string of the molecule is COc1ccc([C@@H]2c3c(oc4ccc(Cl)cc4c3=O)C(=O)N2c2cccc(C)n2)cc1OC. The molecule has 0 aliphatic carbocycles. The number of amides is 1. The fourth-order valence-corrected chi connectivity index (χ4v) is 4.35. The molecule has 1 amide bonds. The van der Waals surface area contributed by atoms with Crippen molar-refractivity contribution in [2.75, 3.05) is 19.1 Å². The molecule has 2 aromatic carbocycles. The molecule has 7 nitrogen and oxygen atoms in total. The highest BCUT2D eigenvalue weighted by atomic mass is 35.5. The van der Waals surface area contributed by atoms with Gasteiger partial charge in [-0.3, -0.25) is 14.5 Å². The Kier molecular flexibility index (Phi) is 5.06. The zero-order valence-electron chi connectivity index (χ0n) is 18.1. The normalized spacial score (nSPS) is 15.1. The third-order valence-electron chi connectivity index (χ3n) is 5.68. The number of anilines is 1. The number of aromatic nitrogens is 1. The molecular formula is C25H19ClN2O5. The Morgan fingerprint density at radius 2 is 1.79 bits per heavy atom. The highest BCUT2D eigenvalue weighted by Crippen LogP contribution is 2.42. The third-order valence-corrected chi connectivity index (χ3v) is 5.91. The van der Waals surface area contributed by atoms with Gasteiger partial charge >= 0.3 is 0 Å². The smallest absolute Gasteiger partial charge is 0.296 e. The fraction of sp³-hybridized carbons (Fsp3) is 0.160. The van der Waals surface area contributed by atoms with Crippen LogP contribution in [0, 0.1) is 6.92 Å². The van der Waals surface area contributed by atoms with Gasteiger partial charge in [0.05, 0.1) is 31.2 Å². The predicted octanol–water partition coefficient (Wildman–Crippen LogP) is 4.92. The van der Waals surface area contributed by atoms with Crippen molar-refractivity contribution in [2.24, 2.45) is 0 Å². The Labute approximate surface area is 194 Å². The third kappa shape index (κ3) is 3.32. The number of methoxy groups -OCH3 is 2. The van der Waals surface area contributed by atoms with Crippen LogP contribution in [-0.2, 0) is 0 Å². The standard InChI is InChI=1S/C25H19ClN2O5/c1-13-5-4-6-20(27-13)28-22(14-7-9-18(31-2)19(11-14)32-3)21-23(29)16-12-15(26)8-10-17(16)33-24(21)25(28)30/h4-12,22H,1-3H3/t22-/m1/s1. The molecule has 1 aliphatic rings. The molecule has 0 N–H and O–H groups in total. The summed E-state index contributed by atoms with van der Waals surface area (Å²) in [5, 5.41) is 0.706. The second-order valence-electron chi connectivity index (χ2n) is 7.64. The number of hydrogen-bond acceptors (Lipinski definition) is 6. The first-order valence-corrected chi connectivity index (χ1v) is 10.6. The van der Waals surface area contributed by atoms with Crippen LogP contribution in [-0.4, -0.2) is 25.1 Å². The molecule has 166 valence electrons. The molecule has 0 fully saturated rings. The summed E-state index contributed by atoms with van der Waals surface area (Å²) in [7, 11) is 3.07. The highest BCUT2D eigenvalue weighted by Gasteiger charge is 2.44. The molecule has 4 aromatic rings. The number of rotatable bonds is 4. The Morgan fingerprint density at radius 1 is 1.00 bits per heavy atom. The number of nitrogens with zero attached hydrogens (tertiary/aromatic N) is 2. The van der Waals surface area contributed by atoms with Crippen LogP contribution < -0.4 is 19.8 Å². The minimum Gasteiger partial charge on any atom is -0.493 e. The van der Waals surface area contributed by atoms with Gasteiger partial charge in [0.25, 0.3) is 5.91 Å². The fourth-order valence-electron chi connectivity index (χ4n) is 4.18. The van der Waals surface area contributed by atoms with E-state index in [4.69, 9.17) is 25.5 Å². The quantitative estimate of drug-likeness (QED) is 0.428. The Bertz CT molecular complexity index is 1480. The van der Waals surface area contributed by atoms with E-state index in [1.54, 1.807) is 49.6 Å². The molecule has 5 rings (SSSR count). The van der Waals surface area contributed by atoms with Crippen LogP contribution in [0.1, 0.15) is 33.4 Å². The molecule has 1 atom stereocenters. The number of halogens is 1. The highest BCUT2D eigenvalue weighted by molar-refractivity contribution is 6.31. The molecule has 2 aromatic heterocycles. The van der Waals surface area contributed by atoms with Gasteiger partial charge in [0.2, 0.25) is 5.76 Å². The van der Waals surface area contributed by atoms with Crippen molar-refractivity contribution in [2.45, 2.75) is 13.0 Å². The molecule has 0 saturated heterocycles. The van der Waals surface area contributed by atoms with Crippen LogP contribution in [0.4, 0.5) is 5.82 Å². The molecule has 0 bridgehead atoms. The maximum absolute atomic E-state index is 13.6. The van der Waals surface area contributed by atoms with E-state index in [-0.39, 0.29) is 16.8 Å². The van der Waals surface area contributed by atoms with Gasteiger partial charge in [-0.1, -0.05) is 23.7 Å². The molecule has 0 spiro atoms. The van der Waals surface area contributed by atoms with Gasteiger partial charge < -0.3 is 13.9 Å². The van der Waals surface area contributed by atoms with Crippen molar-refractivity contribution in [3.63, 3.8) is 0 Å². The van der Waals surface area contributed by atoms with Gasteiger partial charge in [-0.2, -0.15) is 0 Å². The van der Waals surface area contributed by atoms with Gasteiger partial charge in [-0.25, -0.2) is 4.98 Å². The summed E-state index contributed by atoms with van der Waals surface area (Å²) in [4.78, 5) is 33.3. The summed E-state index contributed by atoms with van der Waals surface area (Å²) in [6.45, 7) is 1.84. The number of carbonyl (C=O) groups excluding carboxylic acids is 1. The van der Waals surface area contributed by atoms with Gasteiger partial charge in [-0.15, -0.1) is 0 Å². The molecule has 0 unspecified atom stereocenters. The van der Waals surface area contributed by atoms with E-state index in [1.807, 2.05) is 19.1 Å². The minimum absolute atomic E-state index is 0.0158. The zero-order chi connectivity index (χ0) is 23.3. The molecule has 33 heavy (non-hydrogen) atoms. The van der Waals surface area contributed by atoms with Crippen LogP contribution in [0.25, 0.3) is 11.0 Å². The molecule has 3 heterocycles. The van der Waals surface area contributed by atoms with Crippen LogP contribution in [0.5, 0.6) is 11.5 Å². The number of aryl methyl sites for hydroxylation is 1. The first-order valence-electron chi connectivity index (χ1n) is 10.2. The lowest BCUT2D eigenvalue weighted by molar-refractivity contribution is 0.0970. The molecule has 0 radical (unpaired) electrons. The molecular weight excluding hydrogens is 444 g/mol. The topological polar surface area (TPSA) is 81.9 Å². The van der Waals surface area contributed by atoms with Crippen molar-refractivity contribution in [3.05, 3.63) is 92.4 Å². The summed E-state index contributed by atoms with van der Waals surface area (Å²) < 4.78 is 16.8. The first-order chi connectivity index (χ1) is 15.9. The Balaban J connectivity index is 1.82. The van der Waals surface area contributed by atoms with Crippen molar-refractivity contribution in [1.82, 2.24) is 4.98 Å². The average Bonchev–Trinajstić information content (AvgIpc) is 3.11. The second kappa shape index (κ2) is 7.94. The van der Waals surface area contributed by atoms with Crippen molar-refractivity contribution in [3.8, 4) is 11.5 Å². The van der Waals surface area contributed by atoms with E-state index in [2.05, 4.69) is 4.98 Å². The van der Waals surface area contributed by atoms with Gasteiger partial charge in [0.1, 0.15) is 11.4 Å². The van der Waals surface area contributed by atoms with E-state index in [1.165, 1.54) is 12.0 Å². The summed E-state index contributed by atoms with van der Waals surface area (Å²) in [6, 6.07) is 14.6. The predicted molar refractivity (Wildman–Crippen MR) is 125 cm³/mol. The van der Waals surface area contributed by atoms with Gasteiger partial charge in [0.15, 0.2) is 16.9 Å². The van der Waals surface area contributed by atoms with E-state index in [0.29, 0.717) is 38.9 Å². The number of carbonyl (C=O) groups is 1. The summed E-state index contributed by atoms with van der Waals surface area (Å²) in [6.07, 6.45) is 0. The largest absolute Gasteiger partial charge is 0.493 e. The number of fused-ring (bicyclic) bond motifs is 2. The summed E-state index contributed by atoms with van der Waals surface area (Å²) in [5.41, 5.74) is 1.58. The summed E-state index contributed by atoms with van der Waals surface area (Å²) >= 11 is 6.14. The number of benzene rings is 2. The van der Waals surface area contributed by atoms with E-state index in [0.717, 1.165) is 5.69 Å². The van der Waals surface area contributed by atoms with Crippen LogP contribution in [0.3, 0.4) is 0 Å². The molecule has 0 saturated carbocycles. The lowest BCUT2D eigenvalue weighted by Crippen LogP contribution is -2.30. The second-order valence-corrected chi connectivity index (χ2v) is 8.08. The van der Waals surface area contributed by atoms with Crippen molar-refractivity contribution in [1.29, 1.82) is 0 Å². The zero-order valence-corrected chi connectivity index (χ0v) is 18.8. The maximum atomic E-state index is 13.6. The summed E-state index contributed by atoms with van der Waals surface area (Å²) in [5.74, 6) is 0.951. The minimum atomic E-state index is -0.777. The number of ether oxygens (including phenoxy) is 2. The number of pyridine rings is 1. The first kappa shape index (κ1) is 21.0. The number of hydrogen-bond donors (Lipinski definition) is 0. The van der Waals surface area contributed by atoms with Crippen molar-refractivity contribution >= 4 is 34.3 Å². The van der Waals surface area contributed by atoms with E-state index in [9.17, 15) is 9.59 Å². The van der Waals surface area contributed by atoms with Gasteiger partial charge in [0, 0.05) is 10.7 Å². The van der Waals surface area contributed by atoms with E-state index >= 15 is 0 Å². The van der Waals surface area contributed by atoms with E-state index < -0.39 is 11.9 Å². The monoisotopic (exact) mass is 462 g/mol. The molecule has 8 heteroatoms. The Hall–Kier alpha value is -3.84. The molecule has 1 aliphatic heterocycles. The van der Waals surface area contributed by atoms with Crippen molar-refractivity contribution < 1.29 is 18.7 Å².